The van der Waals surface area contributed by atoms with Gasteiger partial charge in [-0.15, -0.1) is 0 Å². The number of amides is 1. The average molecular weight is 404 g/mol. The Labute approximate surface area is 164 Å². The molecule has 0 bridgehead atoms. The molecular formula is C19H19F3N6O. The number of pyridine rings is 1. The van der Waals surface area contributed by atoms with Gasteiger partial charge in [0, 0.05) is 43.2 Å². The molecule has 3 aromatic rings. The Morgan fingerprint density at radius 2 is 1.97 bits per heavy atom. The zero-order valence-electron chi connectivity index (χ0n) is 15.5. The van der Waals surface area contributed by atoms with E-state index in [-0.39, 0.29) is 23.6 Å². The predicted molar refractivity (Wildman–Crippen MR) is 103 cm³/mol. The van der Waals surface area contributed by atoms with Gasteiger partial charge in [0.1, 0.15) is 5.82 Å². The van der Waals surface area contributed by atoms with E-state index in [1.165, 1.54) is 12.1 Å². The lowest BCUT2D eigenvalue weighted by molar-refractivity contribution is -0.137. The van der Waals surface area contributed by atoms with Crippen molar-refractivity contribution >= 4 is 23.2 Å². The number of carbonyl (C=O) groups is 1. The molecule has 0 saturated heterocycles. The van der Waals surface area contributed by atoms with Crippen molar-refractivity contribution in [1.82, 2.24) is 14.8 Å². The number of halogens is 3. The first-order chi connectivity index (χ1) is 13.8. The van der Waals surface area contributed by atoms with Crippen molar-refractivity contribution in [3.63, 3.8) is 0 Å². The van der Waals surface area contributed by atoms with E-state index < -0.39 is 17.6 Å². The molecule has 152 valence electrons. The van der Waals surface area contributed by atoms with Gasteiger partial charge in [-0.25, -0.2) is 4.98 Å². The zero-order valence-corrected chi connectivity index (χ0v) is 15.5. The monoisotopic (exact) mass is 404 g/mol. The summed E-state index contributed by atoms with van der Waals surface area (Å²) in [5.41, 5.74) is 4.96. The third kappa shape index (κ3) is 4.84. The smallest absolute Gasteiger partial charge is 0.380 e. The molecule has 0 atom stereocenters. The summed E-state index contributed by atoms with van der Waals surface area (Å²) < 4.78 is 41.9. The second kappa shape index (κ2) is 8.21. The van der Waals surface area contributed by atoms with Crippen molar-refractivity contribution in [3.05, 3.63) is 65.5 Å². The highest BCUT2D eigenvalue weighted by Crippen LogP contribution is 2.36. The van der Waals surface area contributed by atoms with Gasteiger partial charge >= 0.3 is 6.18 Å². The number of hydrogen-bond acceptors (Lipinski definition) is 5. The van der Waals surface area contributed by atoms with Gasteiger partial charge in [-0.2, -0.15) is 18.3 Å². The first-order valence-corrected chi connectivity index (χ1v) is 8.77. The maximum Gasteiger partial charge on any atom is 0.419 e. The number of carbonyl (C=O) groups excluding carboxylic acids is 1. The van der Waals surface area contributed by atoms with Crippen LogP contribution in [-0.2, 0) is 19.3 Å². The summed E-state index contributed by atoms with van der Waals surface area (Å²) in [6, 6.07) is 9.40. The van der Waals surface area contributed by atoms with Crippen LogP contribution in [0.1, 0.15) is 28.4 Å². The molecule has 29 heavy (non-hydrogen) atoms. The predicted octanol–water partition coefficient (Wildman–Crippen LogP) is 3.77. The largest absolute Gasteiger partial charge is 0.419 e. The van der Waals surface area contributed by atoms with Crippen LogP contribution in [-0.4, -0.2) is 20.7 Å². The second-order valence-electron chi connectivity index (χ2n) is 6.17. The van der Waals surface area contributed by atoms with Crippen LogP contribution < -0.4 is 16.4 Å². The van der Waals surface area contributed by atoms with Gasteiger partial charge in [0.05, 0.1) is 11.3 Å². The number of nitrogens with two attached hydrogens (primary N) is 1. The van der Waals surface area contributed by atoms with Gasteiger partial charge in [0.2, 0.25) is 5.91 Å². The lowest BCUT2D eigenvalue weighted by Gasteiger charge is -2.16. The summed E-state index contributed by atoms with van der Waals surface area (Å²) in [6.45, 7) is 2.56. The van der Waals surface area contributed by atoms with E-state index in [0.29, 0.717) is 17.9 Å². The van der Waals surface area contributed by atoms with E-state index in [4.69, 9.17) is 5.73 Å². The molecule has 0 aliphatic heterocycles. The molecule has 0 aliphatic rings. The van der Waals surface area contributed by atoms with Crippen LogP contribution in [0.4, 0.5) is 30.5 Å². The molecule has 0 saturated carbocycles. The van der Waals surface area contributed by atoms with Crippen molar-refractivity contribution in [2.75, 3.05) is 10.6 Å². The van der Waals surface area contributed by atoms with Gasteiger partial charge in [0.25, 0.3) is 0 Å². The van der Waals surface area contributed by atoms with Gasteiger partial charge in [-0.1, -0.05) is 18.2 Å². The number of alkyl halides is 3. The Hall–Kier alpha value is -3.56. The van der Waals surface area contributed by atoms with Gasteiger partial charge in [-0.05, 0) is 18.6 Å². The van der Waals surface area contributed by atoms with Gasteiger partial charge < -0.3 is 16.4 Å². The van der Waals surface area contributed by atoms with Crippen LogP contribution in [0.25, 0.3) is 0 Å². The summed E-state index contributed by atoms with van der Waals surface area (Å²) in [5, 5.41) is 9.84. The zero-order chi connectivity index (χ0) is 21.0. The fraction of sp³-hybridized carbons (Fsp3) is 0.211. The summed E-state index contributed by atoms with van der Waals surface area (Å²) in [6.07, 6.45) is -2.10. The third-order valence-corrected chi connectivity index (χ3v) is 4.18. The van der Waals surface area contributed by atoms with Crippen molar-refractivity contribution in [1.29, 1.82) is 0 Å². The molecule has 0 unspecified atom stereocenters. The quantitative estimate of drug-likeness (QED) is 0.557. The number of primary amides is 1. The van der Waals surface area contributed by atoms with Crippen LogP contribution in [0.3, 0.4) is 0 Å². The van der Waals surface area contributed by atoms with Gasteiger partial charge in [-0.3, -0.25) is 9.48 Å². The van der Waals surface area contributed by atoms with E-state index in [1.54, 1.807) is 35.1 Å². The number of hydrogen-bond donors (Lipinski definition) is 3. The minimum absolute atomic E-state index is 0.0177. The molecule has 2 heterocycles. The van der Waals surface area contributed by atoms with E-state index in [0.717, 1.165) is 6.20 Å². The topological polar surface area (TPSA) is 97.9 Å². The van der Waals surface area contributed by atoms with Crippen molar-refractivity contribution in [2.45, 2.75) is 26.2 Å². The highest BCUT2D eigenvalue weighted by Gasteiger charge is 2.34. The Bertz CT molecular complexity index is 1020. The molecule has 1 amide bonds. The summed E-state index contributed by atoms with van der Waals surface area (Å²) in [7, 11) is 0. The molecule has 3 rings (SSSR count). The fourth-order valence-electron chi connectivity index (χ4n) is 2.74. The van der Waals surface area contributed by atoms with E-state index in [1.807, 2.05) is 6.92 Å². The molecule has 4 N–H and O–H groups in total. The maximum absolute atomic E-state index is 13.4. The average Bonchev–Trinajstić information content (AvgIpc) is 3.13. The van der Waals surface area contributed by atoms with Crippen LogP contribution in [0.15, 0.2) is 48.8 Å². The lowest BCUT2D eigenvalue weighted by atomic mass is 10.1. The molecule has 10 heteroatoms. The molecule has 0 fully saturated rings. The number of anilines is 3. The Morgan fingerprint density at radius 3 is 2.62 bits per heavy atom. The van der Waals surface area contributed by atoms with Crippen molar-refractivity contribution in [3.8, 4) is 0 Å². The van der Waals surface area contributed by atoms with Crippen LogP contribution in [0.2, 0.25) is 0 Å². The summed E-state index contributed by atoms with van der Waals surface area (Å²) in [5.74, 6) is 0.0104. The molecule has 0 aliphatic carbocycles. The third-order valence-electron chi connectivity index (χ3n) is 4.18. The summed E-state index contributed by atoms with van der Waals surface area (Å²) in [4.78, 5) is 15.4. The normalized spacial score (nSPS) is 11.3. The van der Waals surface area contributed by atoms with Crippen LogP contribution in [0, 0.1) is 0 Å². The summed E-state index contributed by atoms with van der Waals surface area (Å²) >= 11 is 0. The SMILES string of the molecule is CCn1ccc(Nc2cc(NCc3ccccc3C(N)=O)c(C(F)(F)F)cn2)n1. The van der Waals surface area contributed by atoms with Crippen LogP contribution >= 0.6 is 0 Å². The Balaban J connectivity index is 1.87. The number of rotatable bonds is 7. The lowest BCUT2D eigenvalue weighted by Crippen LogP contribution is -2.16. The minimum Gasteiger partial charge on any atom is -0.380 e. The maximum atomic E-state index is 13.4. The van der Waals surface area contributed by atoms with Crippen molar-refractivity contribution in [2.24, 2.45) is 5.73 Å². The molecule has 2 aromatic heterocycles. The number of aromatic nitrogens is 3. The highest BCUT2D eigenvalue weighted by molar-refractivity contribution is 5.94. The number of benzene rings is 1. The fourth-order valence-corrected chi connectivity index (χ4v) is 2.74. The molecule has 1 aromatic carbocycles. The molecule has 7 nitrogen and oxygen atoms in total. The van der Waals surface area contributed by atoms with E-state index >= 15 is 0 Å². The van der Waals surface area contributed by atoms with Crippen molar-refractivity contribution < 1.29 is 18.0 Å². The van der Waals surface area contributed by atoms with E-state index in [2.05, 4.69) is 20.7 Å². The van der Waals surface area contributed by atoms with E-state index in [9.17, 15) is 18.0 Å². The number of nitrogens with one attached hydrogen (secondary N) is 2. The first kappa shape index (κ1) is 20.2. The Kier molecular flexibility index (Phi) is 5.71. The first-order valence-electron chi connectivity index (χ1n) is 8.77. The standard InChI is InChI=1S/C19H19F3N6O/c1-2-28-8-7-16(27-28)26-17-9-15(14(11-25-17)19(20,21)22)24-10-12-5-3-4-6-13(12)18(23)29/h3-9,11H,2,10H2,1H3,(H2,23,29)(H2,24,25,26,27). The second-order valence-corrected chi connectivity index (χ2v) is 6.17. The molecule has 0 spiro atoms. The number of nitrogens with zero attached hydrogens (tertiary/aromatic N) is 3. The highest BCUT2D eigenvalue weighted by atomic mass is 19.4. The molecule has 0 radical (unpaired) electrons. The Morgan fingerprint density at radius 1 is 1.21 bits per heavy atom. The van der Waals surface area contributed by atoms with Gasteiger partial charge in [0.15, 0.2) is 5.82 Å². The minimum atomic E-state index is -4.60. The van der Waals surface area contributed by atoms with Crippen LogP contribution in [0.5, 0.6) is 0 Å². The number of aryl methyl sites for hydroxylation is 1. The molecular weight excluding hydrogens is 385 g/mol.